The Kier molecular flexibility index (Phi) is 4.75. The first-order chi connectivity index (χ1) is 11.7. The van der Waals surface area contributed by atoms with Gasteiger partial charge in [0.05, 0.1) is 0 Å². The fraction of sp³-hybridized carbons (Fsp3) is 0.722. The number of nitrogens with zero attached hydrogens (tertiary/aromatic N) is 2. The van der Waals surface area contributed by atoms with Crippen molar-refractivity contribution >= 4 is 12.0 Å². The zero-order valence-corrected chi connectivity index (χ0v) is 15.4. The van der Waals surface area contributed by atoms with Crippen molar-refractivity contribution in [3.05, 3.63) is 17.5 Å². The van der Waals surface area contributed by atoms with Crippen LogP contribution in [-0.4, -0.2) is 46.3 Å². The molecule has 25 heavy (non-hydrogen) atoms. The van der Waals surface area contributed by atoms with Gasteiger partial charge in [-0.15, -0.1) is 0 Å². The lowest BCUT2D eigenvalue weighted by atomic mass is 9.98. The highest BCUT2D eigenvalue weighted by molar-refractivity contribution is 5.92. The number of ether oxygens (including phenoxy) is 1. The number of carbonyl (C=O) groups is 2. The Morgan fingerprint density at radius 2 is 2.04 bits per heavy atom. The van der Waals surface area contributed by atoms with Gasteiger partial charge in [-0.1, -0.05) is 5.16 Å². The van der Waals surface area contributed by atoms with Crippen LogP contribution in [0.25, 0.3) is 0 Å². The van der Waals surface area contributed by atoms with Gasteiger partial charge in [0.2, 0.25) is 0 Å². The van der Waals surface area contributed by atoms with Crippen LogP contribution in [0.4, 0.5) is 4.79 Å². The van der Waals surface area contributed by atoms with Crippen molar-refractivity contribution < 1.29 is 18.8 Å². The number of hydrogen-bond acceptors (Lipinski definition) is 5. The van der Waals surface area contributed by atoms with Gasteiger partial charge in [0.25, 0.3) is 5.91 Å². The maximum absolute atomic E-state index is 12.3. The Labute approximate surface area is 148 Å². The van der Waals surface area contributed by atoms with Crippen molar-refractivity contribution in [2.24, 2.45) is 0 Å². The molecule has 0 spiro atoms. The summed E-state index contributed by atoms with van der Waals surface area (Å²) in [6.45, 7) is 8.11. The second kappa shape index (κ2) is 6.69. The van der Waals surface area contributed by atoms with Crippen LogP contribution >= 0.6 is 0 Å². The molecule has 2 amide bonds. The van der Waals surface area contributed by atoms with E-state index < -0.39 is 5.60 Å². The predicted molar refractivity (Wildman–Crippen MR) is 91.4 cm³/mol. The second-order valence-electron chi connectivity index (χ2n) is 8.11. The topological polar surface area (TPSA) is 84.7 Å². The van der Waals surface area contributed by atoms with Gasteiger partial charge < -0.3 is 19.5 Å². The minimum atomic E-state index is -0.506. The van der Waals surface area contributed by atoms with E-state index in [9.17, 15) is 9.59 Å². The summed E-state index contributed by atoms with van der Waals surface area (Å²) >= 11 is 0. The molecule has 1 N–H and O–H groups in total. The van der Waals surface area contributed by atoms with Gasteiger partial charge in [0.15, 0.2) is 5.69 Å². The molecule has 0 radical (unpaired) electrons. The van der Waals surface area contributed by atoms with Crippen LogP contribution in [0.2, 0.25) is 0 Å². The molecule has 0 aromatic carbocycles. The average Bonchev–Trinajstić information content (AvgIpc) is 3.22. The Balaban J connectivity index is 1.52. The Morgan fingerprint density at radius 3 is 2.64 bits per heavy atom. The molecule has 2 atom stereocenters. The largest absolute Gasteiger partial charge is 0.444 e. The quantitative estimate of drug-likeness (QED) is 0.906. The summed E-state index contributed by atoms with van der Waals surface area (Å²) in [4.78, 5) is 26.3. The summed E-state index contributed by atoms with van der Waals surface area (Å²) in [5, 5.41) is 6.88. The van der Waals surface area contributed by atoms with E-state index in [1.54, 1.807) is 11.0 Å². The van der Waals surface area contributed by atoms with Crippen LogP contribution in [0, 0.1) is 0 Å². The number of hydrogen-bond donors (Lipinski definition) is 1. The second-order valence-corrected chi connectivity index (χ2v) is 8.11. The first kappa shape index (κ1) is 17.8. The molecule has 1 aromatic heterocycles. The third-order valence-electron chi connectivity index (χ3n) is 4.58. The van der Waals surface area contributed by atoms with E-state index >= 15 is 0 Å². The lowest BCUT2D eigenvalue weighted by Crippen LogP contribution is -2.52. The highest BCUT2D eigenvalue weighted by atomic mass is 16.6. The van der Waals surface area contributed by atoms with Crippen LogP contribution in [-0.2, 0) is 4.74 Å². The Hall–Kier alpha value is -2.05. The van der Waals surface area contributed by atoms with Gasteiger partial charge in [0.1, 0.15) is 11.4 Å². The van der Waals surface area contributed by atoms with E-state index in [4.69, 9.17) is 9.26 Å². The smallest absolute Gasteiger partial charge is 0.410 e. The Bertz CT molecular complexity index is 645. The van der Waals surface area contributed by atoms with Crippen molar-refractivity contribution in [3.8, 4) is 0 Å². The monoisotopic (exact) mass is 349 g/mol. The van der Waals surface area contributed by atoms with Crippen molar-refractivity contribution in [1.29, 1.82) is 0 Å². The number of nitrogens with one attached hydrogen (secondary N) is 1. The zero-order chi connectivity index (χ0) is 18.2. The highest BCUT2D eigenvalue weighted by Crippen LogP contribution is 2.40. The predicted octanol–water partition coefficient (Wildman–Crippen LogP) is 3.07. The van der Waals surface area contributed by atoms with Crippen molar-refractivity contribution in [2.45, 2.75) is 77.0 Å². The molecule has 2 fully saturated rings. The van der Waals surface area contributed by atoms with Crippen LogP contribution in [0.15, 0.2) is 10.6 Å². The molecule has 1 aliphatic heterocycles. The third-order valence-corrected chi connectivity index (χ3v) is 4.58. The van der Waals surface area contributed by atoms with Gasteiger partial charge in [-0.2, -0.15) is 0 Å². The number of rotatable bonds is 3. The van der Waals surface area contributed by atoms with Gasteiger partial charge in [-0.25, -0.2) is 4.79 Å². The summed E-state index contributed by atoms with van der Waals surface area (Å²) in [5.74, 6) is 1.03. The van der Waals surface area contributed by atoms with Crippen LogP contribution in [0.1, 0.15) is 75.5 Å². The molecule has 7 nitrogen and oxygen atoms in total. The normalized spacial score (nSPS) is 24.1. The summed E-state index contributed by atoms with van der Waals surface area (Å²) < 4.78 is 10.7. The lowest BCUT2D eigenvalue weighted by Gasteiger charge is -2.38. The van der Waals surface area contributed by atoms with Gasteiger partial charge in [0, 0.05) is 30.6 Å². The molecule has 138 valence electrons. The Morgan fingerprint density at radius 1 is 1.32 bits per heavy atom. The van der Waals surface area contributed by atoms with Crippen LogP contribution in [0.5, 0.6) is 0 Å². The van der Waals surface area contributed by atoms with E-state index in [2.05, 4.69) is 10.5 Å². The SMILES string of the molecule is C[C@H]1C[C@@H](NC(=O)c2cc(C3CC3)on2)CCN1C(=O)OC(C)(C)C. The number of carbonyl (C=O) groups excluding carboxylic acids is 2. The van der Waals surface area contributed by atoms with E-state index in [1.165, 1.54) is 0 Å². The standard InChI is InChI=1S/C18H27N3O4/c1-11-9-13(7-8-21(11)17(23)24-18(2,3)4)19-16(22)14-10-15(25-20-14)12-5-6-12/h10-13H,5-9H2,1-4H3,(H,19,22)/t11-,13-/m0/s1. The first-order valence-electron chi connectivity index (χ1n) is 9.00. The zero-order valence-electron chi connectivity index (χ0n) is 15.4. The molecule has 2 heterocycles. The number of likely N-dealkylation sites (tertiary alicyclic amines) is 1. The maximum atomic E-state index is 12.3. The molecule has 0 unspecified atom stereocenters. The van der Waals surface area contributed by atoms with Gasteiger partial charge in [-0.3, -0.25) is 4.79 Å². The number of amides is 2. The number of aromatic nitrogens is 1. The molecule has 2 aliphatic rings. The summed E-state index contributed by atoms with van der Waals surface area (Å²) in [5.41, 5.74) is -0.169. The van der Waals surface area contributed by atoms with Gasteiger partial charge >= 0.3 is 6.09 Å². The number of piperidine rings is 1. The molecule has 7 heteroatoms. The fourth-order valence-electron chi connectivity index (χ4n) is 3.11. The fourth-order valence-corrected chi connectivity index (χ4v) is 3.11. The molecule has 1 aromatic rings. The van der Waals surface area contributed by atoms with Crippen molar-refractivity contribution in [3.63, 3.8) is 0 Å². The molecular weight excluding hydrogens is 322 g/mol. The summed E-state index contributed by atoms with van der Waals surface area (Å²) in [7, 11) is 0. The highest BCUT2D eigenvalue weighted by Gasteiger charge is 2.33. The summed E-state index contributed by atoms with van der Waals surface area (Å²) in [6, 6.07) is 1.77. The van der Waals surface area contributed by atoms with E-state index in [0.29, 0.717) is 31.0 Å². The third kappa shape index (κ3) is 4.52. The molecule has 1 saturated carbocycles. The maximum Gasteiger partial charge on any atom is 0.410 e. The molecular formula is C18H27N3O4. The van der Waals surface area contributed by atoms with Crippen LogP contribution in [0.3, 0.4) is 0 Å². The lowest BCUT2D eigenvalue weighted by molar-refractivity contribution is 0.00959. The average molecular weight is 349 g/mol. The summed E-state index contributed by atoms with van der Waals surface area (Å²) in [6.07, 6.45) is 3.31. The van der Waals surface area contributed by atoms with Crippen molar-refractivity contribution in [1.82, 2.24) is 15.4 Å². The first-order valence-corrected chi connectivity index (χ1v) is 9.00. The van der Waals surface area contributed by atoms with Crippen molar-refractivity contribution in [2.75, 3.05) is 6.54 Å². The molecule has 0 bridgehead atoms. The molecule has 1 aliphatic carbocycles. The molecule has 1 saturated heterocycles. The van der Waals surface area contributed by atoms with Crippen LogP contribution < -0.4 is 5.32 Å². The van der Waals surface area contributed by atoms with E-state index in [0.717, 1.165) is 18.6 Å². The van der Waals surface area contributed by atoms with E-state index in [1.807, 2.05) is 27.7 Å². The minimum Gasteiger partial charge on any atom is -0.444 e. The van der Waals surface area contributed by atoms with Gasteiger partial charge in [-0.05, 0) is 53.4 Å². The molecule has 3 rings (SSSR count). The minimum absolute atomic E-state index is 0.00762. The van der Waals surface area contributed by atoms with E-state index in [-0.39, 0.29) is 24.1 Å².